The predicted molar refractivity (Wildman–Crippen MR) is 82.8 cm³/mol. The highest BCUT2D eigenvalue weighted by Crippen LogP contribution is 2.44. The fourth-order valence-corrected chi connectivity index (χ4v) is 3.00. The number of carbonyl (C=O) groups is 1. The third kappa shape index (κ3) is 2.99. The minimum absolute atomic E-state index is 0.176. The molecule has 1 aliphatic heterocycles. The first-order chi connectivity index (χ1) is 10.9. The Balaban J connectivity index is 1.90. The molecule has 120 valence electrons. The molecule has 0 radical (unpaired) electrons. The van der Waals surface area contributed by atoms with Crippen molar-refractivity contribution < 1.29 is 23.8 Å². The van der Waals surface area contributed by atoms with E-state index in [0.29, 0.717) is 24.3 Å². The Morgan fingerprint density at radius 3 is 2.65 bits per heavy atom. The lowest BCUT2D eigenvalue weighted by Gasteiger charge is -2.24. The normalized spacial score (nSPS) is 19.1. The third-order valence-electron chi connectivity index (χ3n) is 4.00. The van der Waals surface area contributed by atoms with Crippen LogP contribution in [-0.4, -0.2) is 23.8 Å². The maximum Gasteiger partial charge on any atom is 0.335 e. The van der Waals surface area contributed by atoms with Gasteiger partial charge in [-0.25, -0.2) is 9.18 Å². The van der Waals surface area contributed by atoms with E-state index in [-0.39, 0.29) is 11.4 Å². The van der Waals surface area contributed by atoms with Crippen molar-refractivity contribution in [3.63, 3.8) is 0 Å². The van der Waals surface area contributed by atoms with Gasteiger partial charge >= 0.3 is 5.97 Å². The topological polar surface area (TPSA) is 55.8 Å². The van der Waals surface area contributed by atoms with Crippen molar-refractivity contribution >= 4 is 5.97 Å². The number of fused-ring (bicyclic) bond motifs is 1. The summed E-state index contributed by atoms with van der Waals surface area (Å²) in [5.74, 6) is -0.273. The maximum absolute atomic E-state index is 13.0. The van der Waals surface area contributed by atoms with Gasteiger partial charge in [-0.1, -0.05) is 12.1 Å². The summed E-state index contributed by atoms with van der Waals surface area (Å²) in [5, 5.41) is 9.20. The van der Waals surface area contributed by atoms with Crippen molar-refractivity contribution in [3.05, 3.63) is 58.9 Å². The molecule has 0 saturated carbocycles. The van der Waals surface area contributed by atoms with Gasteiger partial charge in [0.25, 0.3) is 0 Å². The Labute approximate surface area is 133 Å². The number of hydrogen-bond donors (Lipinski definition) is 1. The van der Waals surface area contributed by atoms with Gasteiger partial charge in [0.15, 0.2) is 11.5 Å². The zero-order chi connectivity index (χ0) is 16.6. The number of halogens is 1. The minimum Gasteiger partial charge on any atom is -0.493 e. The summed E-state index contributed by atoms with van der Waals surface area (Å²) >= 11 is 0. The van der Waals surface area contributed by atoms with Crippen molar-refractivity contribution in [2.24, 2.45) is 0 Å². The summed E-state index contributed by atoms with van der Waals surface area (Å²) < 4.78 is 24.4. The Morgan fingerprint density at radius 1 is 1.35 bits per heavy atom. The summed E-state index contributed by atoms with van der Waals surface area (Å²) in [7, 11) is 1.49. The molecule has 0 amide bonds. The van der Waals surface area contributed by atoms with Crippen LogP contribution < -0.4 is 9.47 Å². The number of aromatic carboxylic acids is 1. The van der Waals surface area contributed by atoms with Crippen LogP contribution in [0.3, 0.4) is 0 Å². The van der Waals surface area contributed by atoms with Crippen LogP contribution in [0.15, 0.2) is 36.4 Å². The Bertz CT molecular complexity index is 754. The van der Waals surface area contributed by atoms with Gasteiger partial charge in [-0.3, -0.25) is 0 Å². The van der Waals surface area contributed by atoms with E-state index in [0.717, 1.165) is 11.1 Å². The summed E-state index contributed by atoms with van der Waals surface area (Å²) in [5.41, 5.74) is 1.42. The van der Waals surface area contributed by atoms with Gasteiger partial charge in [-0.15, -0.1) is 0 Å². The summed E-state index contributed by atoms with van der Waals surface area (Å²) in [6.45, 7) is 1.95. The molecule has 3 rings (SSSR count). The second-order valence-electron chi connectivity index (χ2n) is 6.00. The van der Waals surface area contributed by atoms with Crippen LogP contribution in [-0.2, 0) is 12.8 Å². The number of methoxy groups -OCH3 is 1. The number of carboxylic acid groups (broad SMARTS) is 1. The van der Waals surface area contributed by atoms with Crippen molar-refractivity contribution in [3.8, 4) is 11.5 Å². The quantitative estimate of drug-likeness (QED) is 0.938. The van der Waals surface area contributed by atoms with Crippen LogP contribution in [0, 0.1) is 5.82 Å². The highest BCUT2D eigenvalue weighted by Gasteiger charge is 2.37. The largest absolute Gasteiger partial charge is 0.493 e. The molecule has 5 heteroatoms. The summed E-state index contributed by atoms with van der Waals surface area (Å²) in [6.07, 6.45) is 1.16. The van der Waals surface area contributed by atoms with Crippen LogP contribution in [0.2, 0.25) is 0 Å². The first kappa shape index (κ1) is 15.3. The van der Waals surface area contributed by atoms with Crippen LogP contribution >= 0.6 is 0 Å². The molecule has 1 heterocycles. The van der Waals surface area contributed by atoms with Gasteiger partial charge in [-0.05, 0) is 36.8 Å². The van der Waals surface area contributed by atoms with E-state index in [2.05, 4.69) is 0 Å². The van der Waals surface area contributed by atoms with Crippen molar-refractivity contribution in [2.75, 3.05) is 7.11 Å². The number of benzene rings is 2. The number of carboxylic acids is 1. The van der Waals surface area contributed by atoms with E-state index in [4.69, 9.17) is 9.47 Å². The molecule has 0 aliphatic carbocycles. The molecule has 0 saturated heterocycles. The molecule has 1 N–H and O–H groups in total. The average molecular weight is 316 g/mol. The maximum atomic E-state index is 13.0. The second-order valence-corrected chi connectivity index (χ2v) is 6.00. The van der Waals surface area contributed by atoms with Gasteiger partial charge in [-0.2, -0.15) is 0 Å². The molecule has 0 bridgehead atoms. The number of hydrogen-bond acceptors (Lipinski definition) is 3. The monoisotopic (exact) mass is 316 g/mol. The Hall–Kier alpha value is -2.56. The highest BCUT2D eigenvalue weighted by molar-refractivity contribution is 5.89. The average Bonchev–Trinajstić information content (AvgIpc) is 2.84. The molecule has 2 aromatic rings. The van der Waals surface area contributed by atoms with E-state index >= 15 is 0 Å². The van der Waals surface area contributed by atoms with E-state index in [1.807, 2.05) is 6.92 Å². The molecular weight excluding hydrogens is 299 g/mol. The van der Waals surface area contributed by atoms with Crippen LogP contribution in [0.4, 0.5) is 4.39 Å². The van der Waals surface area contributed by atoms with E-state index in [9.17, 15) is 14.3 Å². The molecule has 1 unspecified atom stereocenters. The highest BCUT2D eigenvalue weighted by atomic mass is 19.1. The Morgan fingerprint density at radius 2 is 2.04 bits per heavy atom. The van der Waals surface area contributed by atoms with Gasteiger partial charge in [0.05, 0.1) is 12.7 Å². The van der Waals surface area contributed by atoms with Gasteiger partial charge in [0.2, 0.25) is 0 Å². The smallest absolute Gasteiger partial charge is 0.335 e. The van der Waals surface area contributed by atoms with Crippen LogP contribution in [0.25, 0.3) is 0 Å². The molecule has 23 heavy (non-hydrogen) atoms. The molecule has 4 nitrogen and oxygen atoms in total. The van der Waals surface area contributed by atoms with Crippen LogP contribution in [0.5, 0.6) is 11.5 Å². The zero-order valence-corrected chi connectivity index (χ0v) is 12.9. The first-order valence-electron chi connectivity index (χ1n) is 7.28. The zero-order valence-electron chi connectivity index (χ0n) is 12.9. The molecule has 0 aromatic heterocycles. The van der Waals surface area contributed by atoms with Crippen molar-refractivity contribution in [1.29, 1.82) is 0 Å². The SMILES string of the molecule is COc1cc(C(=O)O)cc2c1OC(C)(Cc1ccc(F)cc1)C2. The van der Waals surface area contributed by atoms with Crippen molar-refractivity contribution in [2.45, 2.75) is 25.4 Å². The number of ether oxygens (including phenoxy) is 2. The molecular formula is C18H17FO4. The molecule has 0 spiro atoms. The number of rotatable bonds is 4. The summed E-state index contributed by atoms with van der Waals surface area (Å²) in [4.78, 5) is 11.2. The fraction of sp³-hybridized carbons (Fsp3) is 0.278. The molecule has 1 atom stereocenters. The minimum atomic E-state index is -1.00. The lowest BCUT2D eigenvalue weighted by molar-refractivity contribution is 0.0696. The van der Waals surface area contributed by atoms with Crippen molar-refractivity contribution in [1.82, 2.24) is 0 Å². The predicted octanol–water partition coefficient (Wildman–Crippen LogP) is 3.47. The van der Waals surface area contributed by atoms with Gasteiger partial charge in [0, 0.05) is 18.4 Å². The van der Waals surface area contributed by atoms with E-state index in [1.165, 1.54) is 25.3 Å². The standard InChI is InChI=1S/C18H17FO4/c1-18(9-11-3-5-14(19)6-4-11)10-13-7-12(17(20)21)8-15(22-2)16(13)23-18/h3-8H,9-10H2,1-2H3,(H,20,21). The van der Waals surface area contributed by atoms with Crippen LogP contribution in [0.1, 0.15) is 28.4 Å². The first-order valence-corrected chi connectivity index (χ1v) is 7.28. The lowest BCUT2D eigenvalue weighted by Crippen LogP contribution is -2.32. The second kappa shape index (κ2) is 5.57. The lowest BCUT2D eigenvalue weighted by atomic mass is 9.91. The third-order valence-corrected chi connectivity index (χ3v) is 4.00. The fourth-order valence-electron chi connectivity index (χ4n) is 3.00. The van der Waals surface area contributed by atoms with Gasteiger partial charge in [0.1, 0.15) is 11.4 Å². The molecule has 2 aromatic carbocycles. The van der Waals surface area contributed by atoms with Gasteiger partial charge < -0.3 is 14.6 Å². The molecule has 0 fully saturated rings. The van der Waals surface area contributed by atoms with E-state index in [1.54, 1.807) is 18.2 Å². The summed E-state index contributed by atoms with van der Waals surface area (Å²) in [6, 6.07) is 9.38. The Kier molecular flexibility index (Phi) is 3.72. The van der Waals surface area contributed by atoms with E-state index < -0.39 is 11.6 Å². The molecule has 1 aliphatic rings.